The van der Waals surface area contributed by atoms with Crippen molar-refractivity contribution in [3.8, 4) is 0 Å². The van der Waals surface area contributed by atoms with Gasteiger partial charge in [0.2, 0.25) is 0 Å². The Hall–Kier alpha value is -1.25. The summed E-state index contributed by atoms with van der Waals surface area (Å²) in [7, 11) is 0. The van der Waals surface area contributed by atoms with Crippen LogP contribution in [0.4, 0.5) is 13.2 Å². The molecule has 0 aromatic heterocycles. The predicted octanol–water partition coefficient (Wildman–Crippen LogP) is 8.00. The third kappa shape index (κ3) is 4.33. The first kappa shape index (κ1) is 20.0. The summed E-state index contributed by atoms with van der Waals surface area (Å²) in [5, 5.41) is 0. The van der Waals surface area contributed by atoms with Gasteiger partial charge in [0.15, 0.2) is 0 Å². The molecule has 0 nitrogen and oxygen atoms in total. The smallest absolute Gasteiger partial charge is 0.166 e. The highest BCUT2D eigenvalue weighted by atomic mass is 19.4. The normalized spacial score (nSPS) is 36.5. The first-order valence-corrected chi connectivity index (χ1v) is 11.2. The highest BCUT2D eigenvalue weighted by Gasteiger charge is 2.38. The Morgan fingerprint density at radius 3 is 1.86 bits per heavy atom. The van der Waals surface area contributed by atoms with Crippen molar-refractivity contribution in [3.63, 3.8) is 0 Å². The van der Waals surface area contributed by atoms with E-state index in [9.17, 15) is 13.2 Å². The van der Waals surface area contributed by atoms with E-state index in [4.69, 9.17) is 0 Å². The Bertz CT molecular complexity index is 651. The summed E-state index contributed by atoms with van der Waals surface area (Å²) in [6, 6.07) is 5.92. The topological polar surface area (TPSA) is 0 Å². The zero-order valence-corrected chi connectivity index (χ0v) is 16.8. The third-order valence-corrected chi connectivity index (χ3v) is 8.18. The van der Waals surface area contributed by atoms with Crippen LogP contribution in [-0.4, -0.2) is 0 Å². The second-order valence-electron chi connectivity index (χ2n) is 9.63. The lowest BCUT2D eigenvalue weighted by Gasteiger charge is -2.45. The summed E-state index contributed by atoms with van der Waals surface area (Å²) in [6.45, 7) is 4.00. The molecule has 154 valence electrons. The Morgan fingerprint density at radius 2 is 1.25 bits per heavy atom. The van der Waals surface area contributed by atoms with Gasteiger partial charge in [-0.05, 0) is 117 Å². The van der Waals surface area contributed by atoms with Crippen LogP contribution >= 0.6 is 0 Å². The standard InChI is InChI=1S/C25H33F3/c1-2-17-3-4-23-16-22(10-9-21(23)15-17)20-7-5-18(6-8-20)19-11-13-24(14-12-19)25(26,27)28/h2,11-14,17-18,20-23H,1,3-10,15-16H2. The lowest BCUT2D eigenvalue weighted by molar-refractivity contribution is -0.137. The zero-order chi connectivity index (χ0) is 19.7. The van der Waals surface area contributed by atoms with Gasteiger partial charge >= 0.3 is 6.18 Å². The maximum atomic E-state index is 12.8. The van der Waals surface area contributed by atoms with Crippen LogP contribution in [0, 0.1) is 29.6 Å². The summed E-state index contributed by atoms with van der Waals surface area (Å²) in [6.07, 6.45) is 11.0. The number of rotatable bonds is 3. The van der Waals surface area contributed by atoms with Crippen molar-refractivity contribution in [2.24, 2.45) is 29.6 Å². The molecule has 0 radical (unpaired) electrons. The average molecular weight is 391 g/mol. The first-order chi connectivity index (χ1) is 13.4. The number of halogens is 3. The van der Waals surface area contributed by atoms with Gasteiger partial charge in [-0.15, -0.1) is 6.58 Å². The number of benzene rings is 1. The van der Waals surface area contributed by atoms with Crippen LogP contribution in [0.5, 0.6) is 0 Å². The van der Waals surface area contributed by atoms with E-state index in [2.05, 4.69) is 12.7 Å². The highest BCUT2D eigenvalue weighted by molar-refractivity contribution is 5.27. The maximum absolute atomic E-state index is 12.8. The van der Waals surface area contributed by atoms with Crippen LogP contribution in [0.2, 0.25) is 0 Å². The quantitative estimate of drug-likeness (QED) is 0.459. The van der Waals surface area contributed by atoms with Crippen LogP contribution in [0.1, 0.15) is 81.3 Å². The molecule has 3 fully saturated rings. The molecular weight excluding hydrogens is 357 g/mol. The minimum Gasteiger partial charge on any atom is -0.166 e. The fourth-order valence-electron chi connectivity index (χ4n) is 6.47. The van der Waals surface area contributed by atoms with Crippen molar-refractivity contribution in [2.75, 3.05) is 0 Å². The van der Waals surface area contributed by atoms with Crippen LogP contribution in [-0.2, 0) is 6.18 Å². The van der Waals surface area contributed by atoms with Gasteiger partial charge < -0.3 is 0 Å². The van der Waals surface area contributed by atoms with Gasteiger partial charge in [0.05, 0.1) is 5.56 Å². The zero-order valence-electron chi connectivity index (χ0n) is 16.8. The molecule has 1 aromatic carbocycles. The Kier molecular flexibility index (Phi) is 5.90. The molecule has 0 bridgehead atoms. The van der Waals surface area contributed by atoms with E-state index in [-0.39, 0.29) is 0 Å². The summed E-state index contributed by atoms with van der Waals surface area (Å²) < 4.78 is 38.3. The number of hydrogen-bond acceptors (Lipinski definition) is 0. The molecule has 0 heterocycles. The summed E-state index contributed by atoms with van der Waals surface area (Å²) in [5.41, 5.74) is 0.561. The molecule has 0 N–H and O–H groups in total. The molecule has 3 aliphatic carbocycles. The van der Waals surface area contributed by atoms with Crippen molar-refractivity contribution >= 4 is 0 Å². The number of alkyl halides is 3. The van der Waals surface area contributed by atoms with Crippen molar-refractivity contribution in [1.82, 2.24) is 0 Å². The van der Waals surface area contributed by atoms with E-state index >= 15 is 0 Å². The summed E-state index contributed by atoms with van der Waals surface area (Å²) >= 11 is 0. The van der Waals surface area contributed by atoms with Crippen LogP contribution in [0.15, 0.2) is 36.9 Å². The predicted molar refractivity (Wildman–Crippen MR) is 108 cm³/mol. The summed E-state index contributed by atoms with van der Waals surface area (Å²) in [4.78, 5) is 0. The van der Waals surface area contributed by atoms with Gasteiger partial charge in [0.25, 0.3) is 0 Å². The van der Waals surface area contributed by atoms with E-state index in [1.165, 1.54) is 63.5 Å². The van der Waals surface area contributed by atoms with E-state index in [0.29, 0.717) is 5.92 Å². The molecule has 28 heavy (non-hydrogen) atoms. The summed E-state index contributed by atoms with van der Waals surface area (Å²) in [5.74, 6) is 4.77. The van der Waals surface area contributed by atoms with E-state index < -0.39 is 11.7 Å². The largest absolute Gasteiger partial charge is 0.416 e. The van der Waals surface area contributed by atoms with Gasteiger partial charge in [0, 0.05) is 0 Å². The van der Waals surface area contributed by atoms with Gasteiger partial charge in [0.1, 0.15) is 0 Å². The van der Waals surface area contributed by atoms with E-state index in [1.807, 2.05) is 0 Å². The SMILES string of the molecule is C=CC1CCC2CC(C3CCC(c4ccc(C(F)(F)F)cc4)CC3)CCC2C1. The number of allylic oxidation sites excluding steroid dienone is 1. The minimum absolute atomic E-state index is 0.443. The number of hydrogen-bond donors (Lipinski definition) is 0. The van der Waals surface area contributed by atoms with Crippen molar-refractivity contribution in [2.45, 2.75) is 76.3 Å². The molecule has 0 spiro atoms. The Morgan fingerprint density at radius 1 is 0.714 bits per heavy atom. The Balaban J connectivity index is 1.29. The third-order valence-electron chi connectivity index (χ3n) is 8.18. The van der Waals surface area contributed by atoms with Crippen molar-refractivity contribution in [3.05, 3.63) is 48.0 Å². The Labute approximate surface area is 167 Å². The molecule has 0 amide bonds. The molecule has 4 rings (SSSR count). The van der Waals surface area contributed by atoms with Gasteiger partial charge in [-0.2, -0.15) is 13.2 Å². The van der Waals surface area contributed by atoms with Gasteiger partial charge in [-0.1, -0.05) is 18.2 Å². The molecule has 3 aliphatic rings. The van der Waals surface area contributed by atoms with Crippen LogP contribution in [0.3, 0.4) is 0 Å². The molecule has 4 unspecified atom stereocenters. The first-order valence-electron chi connectivity index (χ1n) is 11.2. The monoisotopic (exact) mass is 390 g/mol. The molecule has 4 atom stereocenters. The molecule has 3 saturated carbocycles. The van der Waals surface area contributed by atoms with E-state index in [1.54, 1.807) is 12.1 Å². The lowest BCUT2D eigenvalue weighted by atomic mass is 9.61. The highest BCUT2D eigenvalue weighted by Crippen LogP contribution is 2.50. The minimum atomic E-state index is -4.24. The maximum Gasteiger partial charge on any atom is 0.416 e. The average Bonchev–Trinajstić information content (AvgIpc) is 2.72. The van der Waals surface area contributed by atoms with Gasteiger partial charge in [-0.25, -0.2) is 0 Å². The van der Waals surface area contributed by atoms with Crippen molar-refractivity contribution < 1.29 is 13.2 Å². The molecular formula is C25H33F3. The van der Waals surface area contributed by atoms with E-state index in [0.717, 1.165) is 48.0 Å². The second-order valence-corrected chi connectivity index (χ2v) is 9.63. The van der Waals surface area contributed by atoms with Crippen molar-refractivity contribution in [1.29, 1.82) is 0 Å². The van der Waals surface area contributed by atoms with Crippen LogP contribution < -0.4 is 0 Å². The molecule has 1 aromatic rings. The van der Waals surface area contributed by atoms with Crippen LogP contribution in [0.25, 0.3) is 0 Å². The molecule has 0 saturated heterocycles. The van der Waals surface area contributed by atoms with Gasteiger partial charge in [-0.3, -0.25) is 0 Å². The molecule has 0 aliphatic heterocycles. The fourth-order valence-corrected chi connectivity index (χ4v) is 6.47. The lowest BCUT2D eigenvalue weighted by Crippen LogP contribution is -2.34. The molecule has 3 heteroatoms. The second kappa shape index (κ2) is 8.24. The fraction of sp³-hybridized carbons (Fsp3) is 0.680. The number of fused-ring (bicyclic) bond motifs is 1.